The van der Waals surface area contributed by atoms with Crippen molar-refractivity contribution in [1.82, 2.24) is 5.32 Å². The molecule has 2 amide bonds. The number of aromatic carboxylic acids is 1. The molecule has 0 unspecified atom stereocenters. The van der Waals surface area contributed by atoms with Gasteiger partial charge in [-0.15, -0.1) is 11.8 Å². The number of carboxylic acids is 1. The molecule has 7 nitrogen and oxygen atoms in total. The molecule has 0 aliphatic carbocycles. The molecule has 0 spiro atoms. The number of aromatic hydroxyl groups is 1. The summed E-state index contributed by atoms with van der Waals surface area (Å²) in [5, 5.41) is 24.8. The predicted octanol–water partition coefficient (Wildman–Crippen LogP) is 9.77. The van der Waals surface area contributed by atoms with Crippen molar-refractivity contribution in [1.29, 1.82) is 0 Å². The summed E-state index contributed by atoms with van der Waals surface area (Å²) in [6.45, 7) is 10.1. The van der Waals surface area contributed by atoms with Gasteiger partial charge in [0.2, 0.25) is 11.8 Å². The minimum Gasteiger partial charge on any atom is -0.507 e. The van der Waals surface area contributed by atoms with Crippen molar-refractivity contribution < 1.29 is 24.6 Å². The highest BCUT2D eigenvalue weighted by molar-refractivity contribution is 8.01. The molecular weight excluding hydrogens is 609 g/mol. The highest BCUT2D eigenvalue weighted by Gasteiger charge is 2.37. The number of carboxylic acid groups (broad SMARTS) is 1. The smallest absolute Gasteiger partial charge is 0.339 e. The van der Waals surface area contributed by atoms with Crippen molar-refractivity contribution in [2.45, 2.75) is 116 Å². The van der Waals surface area contributed by atoms with Crippen molar-refractivity contribution >= 4 is 35.2 Å². The molecule has 260 valence electrons. The molecule has 0 aliphatic rings. The number of amides is 2. The van der Waals surface area contributed by atoms with Gasteiger partial charge in [-0.3, -0.25) is 9.59 Å². The minimum atomic E-state index is -1.30. The van der Waals surface area contributed by atoms with Crippen LogP contribution in [0.2, 0.25) is 0 Å². The van der Waals surface area contributed by atoms with Crippen LogP contribution in [0.3, 0.4) is 0 Å². The number of thioether (sulfide) groups is 1. The summed E-state index contributed by atoms with van der Waals surface area (Å²) < 4.78 is -0.637. The van der Waals surface area contributed by atoms with Gasteiger partial charge >= 0.3 is 5.97 Å². The number of phenols is 1. The second-order valence-corrected chi connectivity index (χ2v) is 13.4. The van der Waals surface area contributed by atoms with Crippen molar-refractivity contribution in [3.05, 3.63) is 84.5 Å². The molecule has 0 radical (unpaired) electrons. The van der Waals surface area contributed by atoms with Gasteiger partial charge in [-0.25, -0.2) is 4.79 Å². The lowest BCUT2D eigenvalue weighted by atomic mass is 9.98. The zero-order valence-electron chi connectivity index (χ0n) is 29.2. The van der Waals surface area contributed by atoms with Crippen LogP contribution >= 0.6 is 11.8 Å². The number of anilines is 1. The molecule has 4 N–H and O–H groups in total. The van der Waals surface area contributed by atoms with E-state index in [0.717, 1.165) is 57.1 Å². The van der Waals surface area contributed by atoms with Gasteiger partial charge in [0, 0.05) is 5.69 Å². The van der Waals surface area contributed by atoms with E-state index < -0.39 is 22.7 Å². The van der Waals surface area contributed by atoms with Gasteiger partial charge in [0.05, 0.1) is 4.75 Å². The van der Waals surface area contributed by atoms with E-state index in [1.807, 2.05) is 27.7 Å². The minimum absolute atomic E-state index is 0.140. The Hall–Kier alpha value is -3.52. The predicted molar refractivity (Wildman–Crippen MR) is 199 cm³/mol. The summed E-state index contributed by atoms with van der Waals surface area (Å²) in [4.78, 5) is 38.3. The van der Waals surface area contributed by atoms with Crippen LogP contribution in [0.15, 0.2) is 79.0 Å². The maximum absolute atomic E-state index is 13.6. The van der Waals surface area contributed by atoms with E-state index in [-0.39, 0.29) is 28.8 Å². The molecular formula is C39H58N2O5S. The van der Waals surface area contributed by atoms with Gasteiger partial charge in [0.15, 0.2) is 0 Å². The molecule has 0 saturated carbocycles. The lowest BCUT2D eigenvalue weighted by Crippen LogP contribution is -2.52. The average Bonchev–Trinajstić information content (AvgIpc) is 3.04. The lowest BCUT2D eigenvalue weighted by Gasteiger charge is -2.32. The van der Waals surface area contributed by atoms with Crippen LogP contribution in [0.4, 0.5) is 5.69 Å². The van der Waals surface area contributed by atoms with Gasteiger partial charge in [-0.05, 0) is 100 Å². The first kappa shape index (κ1) is 41.5. The molecule has 0 fully saturated rings. The first-order valence-corrected chi connectivity index (χ1v) is 18.2. The van der Waals surface area contributed by atoms with E-state index in [4.69, 9.17) is 0 Å². The van der Waals surface area contributed by atoms with Crippen molar-refractivity contribution in [3.63, 3.8) is 0 Å². The number of unbranched alkanes of at least 4 members (excludes halogenated alkanes) is 2. The lowest BCUT2D eigenvalue weighted by molar-refractivity contribution is -0.128. The van der Waals surface area contributed by atoms with E-state index in [2.05, 4.69) is 78.3 Å². The third kappa shape index (κ3) is 17.3. The van der Waals surface area contributed by atoms with E-state index in [1.54, 1.807) is 11.8 Å². The maximum Gasteiger partial charge on any atom is 0.339 e. The zero-order chi connectivity index (χ0) is 34.9. The highest BCUT2D eigenvalue weighted by atomic mass is 32.2. The molecule has 47 heavy (non-hydrogen) atoms. The Morgan fingerprint density at radius 2 is 1.38 bits per heavy atom. The van der Waals surface area contributed by atoms with Crippen LogP contribution in [-0.4, -0.2) is 44.5 Å². The summed E-state index contributed by atoms with van der Waals surface area (Å²) in [7, 11) is 0. The Labute approximate surface area is 287 Å². The number of hydrogen-bond acceptors (Lipinski definition) is 5. The molecule has 0 saturated heterocycles. The van der Waals surface area contributed by atoms with Crippen LogP contribution in [-0.2, 0) is 9.59 Å². The monoisotopic (exact) mass is 666 g/mol. The van der Waals surface area contributed by atoms with Crippen molar-refractivity contribution in [3.8, 4) is 5.75 Å². The van der Waals surface area contributed by atoms with E-state index in [1.165, 1.54) is 18.2 Å². The van der Waals surface area contributed by atoms with Crippen LogP contribution in [0.25, 0.3) is 0 Å². The number of carbonyl (C=O) groups excluding carboxylic acids is 2. The molecule has 0 bridgehead atoms. The Kier molecular flexibility index (Phi) is 21.7. The number of allylic oxidation sites excluding steroid dienone is 10. The standard InChI is InChI=1S/C39H58N2O5S/c1-6-9-10-11-12-13-14-15-16-17-18-19-20-21-22-23-24-25-28-47-39(7-2,8-3)38(46)41-34(29-31(4)5)36(43)40-32-26-27-35(42)33(30-32)37(44)45/h9-10,12-13,15-16,18-19,21-22,26-27,30-31,34,42H,6-8,11,14,17,20,23-25,28-29H2,1-5H3,(H,40,43)(H,41,46)(H,44,45)/t34-/m0/s1. The molecule has 1 atom stereocenters. The topological polar surface area (TPSA) is 116 Å². The van der Waals surface area contributed by atoms with Crippen LogP contribution < -0.4 is 10.6 Å². The Morgan fingerprint density at radius 3 is 1.89 bits per heavy atom. The van der Waals surface area contributed by atoms with E-state index in [9.17, 15) is 24.6 Å². The molecule has 1 aromatic rings. The Bertz CT molecular complexity index is 1230. The molecule has 0 heterocycles. The third-order valence-electron chi connectivity index (χ3n) is 7.68. The number of rotatable bonds is 24. The number of carbonyl (C=O) groups is 3. The van der Waals surface area contributed by atoms with Gasteiger partial charge in [0.25, 0.3) is 0 Å². The Balaban J connectivity index is 2.52. The largest absolute Gasteiger partial charge is 0.507 e. The molecule has 1 aromatic carbocycles. The first-order chi connectivity index (χ1) is 22.6. The van der Waals surface area contributed by atoms with E-state index >= 15 is 0 Å². The number of benzene rings is 1. The highest BCUT2D eigenvalue weighted by Crippen LogP contribution is 2.34. The van der Waals surface area contributed by atoms with Gasteiger partial charge in [-0.1, -0.05) is 95.4 Å². The second kappa shape index (κ2) is 24.6. The van der Waals surface area contributed by atoms with Crippen molar-refractivity contribution in [2.75, 3.05) is 11.1 Å². The fraction of sp³-hybridized carbons (Fsp3) is 0.513. The van der Waals surface area contributed by atoms with Gasteiger partial charge < -0.3 is 20.8 Å². The third-order valence-corrected chi connectivity index (χ3v) is 9.49. The number of hydrogen-bond donors (Lipinski definition) is 4. The molecule has 0 aliphatic heterocycles. The van der Waals surface area contributed by atoms with Crippen LogP contribution in [0.5, 0.6) is 5.75 Å². The first-order valence-electron chi connectivity index (χ1n) is 17.2. The number of nitrogens with one attached hydrogen (secondary N) is 2. The van der Waals surface area contributed by atoms with Gasteiger partial charge in [0.1, 0.15) is 17.4 Å². The summed E-state index contributed by atoms with van der Waals surface area (Å²) in [5.74, 6) is -1.25. The van der Waals surface area contributed by atoms with Crippen LogP contribution in [0, 0.1) is 5.92 Å². The summed E-state index contributed by atoms with van der Waals surface area (Å²) in [6, 6.07) is 3.10. The Morgan fingerprint density at radius 1 is 0.830 bits per heavy atom. The van der Waals surface area contributed by atoms with Gasteiger partial charge in [-0.2, -0.15) is 0 Å². The summed E-state index contributed by atoms with van der Waals surface area (Å²) in [6.07, 6.45) is 31.7. The van der Waals surface area contributed by atoms with Crippen molar-refractivity contribution in [2.24, 2.45) is 5.92 Å². The quantitative estimate of drug-likeness (QED) is 0.0496. The maximum atomic E-state index is 13.6. The van der Waals surface area contributed by atoms with Crippen LogP contribution in [0.1, 0.15) is 116 Å². The SMILES string of the molecule is CCC=CCC=CCC=CCC=CCC=CCCCCSC(CC)(CC)C(=O)N[C@@H](CC(C)C)C(=O)Nc1ccc(O)c(C(=O)O)c1. The second-order valence-electron chi connectivity index (χ2n) is 11.9. The zero-order valence-corrected chi connectivity index (χ0v) is 30.0. The summed E-state index contributed by atoms with van der Waals surface area (Å²) in [5.41, 5.74) is -0.0618. The molecule has 0 aromatic heterocycles. The summed E-state index contributed by atoms with van der Waals surface area (Å²) >= 11 is 1.66. The normalized spacial score (nSPS) is 13.1. The fourth-order valence-electron chi connectivity index (χ4n) is 4.85. The average molecular weight is 667 g/mol. The molecule has 8 heteroatoms. The molecule has 1 rings (SSSR count). The van der Waals surface area contributed by atoms with E-state index in [0.29, 0.717) is 19.3 Å². The fourth-order valence-corrected chi connectivity index (χ4v) is 6.19.